The van der Waals surface area contributed by atoms with Crippen molar-refractivity contribution in [3.8, 4) is 0 Å². The summed E-state index contributed by atoms with van der Waals surface area (Å²) in [6.07, 6.45) is 5.48. The molecule has 0 spiro atoms. The fraction of sp³-hybridized carbons (Fsp3) is 0.818. The van der Waals surface area contributed by atoms with E-state index in [0.717, 1.165) is 32.1 Å². The van der Waals surface area contributed by atoms with E-state index >= 15 is 0 Å². The molecule has 1 fully saturated rings. The first-order chi connectivity index (χ1) is 7.63. The Morgan fingerprint density at radius 1 is 1.38 bits per heavy atom. The predicted octanol–water partition coefficient (Wildman–Crippen LogP) is 1.48. The summed E-state index contributed by atoms with van der Waals surface area (Å²) in [5.41, 5.74) is 0. The van der Waals surface area contributed by atoms with Crippen molar-refractivity contribution in [2.45, 2.75) is 57.5 Å². The molecule has 0 radical (unpaired) electrons. The molecule has 5 heteroatoms. The van der Waals surface area contributed by atoms with Crippen molar-refractivity contribution in [3.05, 3.63) is 0 Å². The van der Waals surface area contributed by atoms with Crippen LogP contribution in [0.2, 0.25) is 0 Å². The van der Waals surface area contributed by atoms with Gasteiger partial charge in [-0.25, -0.2) is 9.59 Å². The topological polar surface area (TPSA) is 78.4 Å². The number of aliphatic carboxylic acids is 1. The lowest BCUT2D eigenvalue weighted by molar-refractivity contribution is -0.139. The summed E-state index contributed by atoms with van der Waals surface area (Å²) < 4.78 is 0. The van der Waals surface area contributed by atoms with Gasteiger partial charge in [0.1, 0.15) is 6.04 Å². The molecule has 1 saturated carbocycles. The van der Waals surface area contributed by atoms with E-state index in [9.17, 15) is 9.59 Å². The molecule has 1 aliphatic carbocycles. The van der Waals surface area contributed by atoms with Crippen LogP contribution in [0.5, 0.6) is 0 Å². The van der Waals surface area contributed by atoms with Crippen LogP contribution in [0.3, 0.4) is 0 Å². The third-order valence-electron chi connectivity index (χ3n) is 2.87. The van der Waals surface area contributed by atoms with Crippen LogP contribution in [0.4, 0.5) is 4.79 Å². The second-order valence-corrected chi connectivity index (χ2v) is 4.28. The van der Waals surface area contributed by atoms with E-state index in [1.165, 1.54) is 0 Å². The third-order valence-corrected chi connectivity index (χ3v) is 2.87. The van der Waals surface area contributed by atoms with Gasteiger partial charge in [-0.2, -0.15) is 0 Å². The maximum Gasteiger partial charge on any atom is 0.326 e. The molecule has 16 heavy (non-hydrogen) atoms. The number of carboxylic acid groups (broad SMARTS) is 1. The van der Waals surface area contributed by atoms with Crippen molar-refractivity contribution in [2.75, 3.05) is 0 Å². The summed E-state index contributed by atoms with van der Waals surface area (Å²) in [4.78, 5) is 22.3. The summed E-state index contributed by atoms with van der Waals surface area (Å²) in [6, 6.07) is -0.907. The molecule has 1 aliphatic rings. The highest BCUT2D eigenvalue weighted by Crippen LogP contribution is 2.17. The average Bonchev–Trinajstić information content (AvgIpc) is 2.69. The lowest BCUT2D eigenvalue weighted by atomic mass is 10.2. The van der Waals surface area contributed by atoms with Crippen LogP contribution >= 0.6 is 0 Å². The molecule has 3 N–H and O–H groups in total. The molecule has 0 saturated heterocycles. The van der Waals surface area contributed by atoms with Crippen LogP contribution in [0.1, 0.15) is 45.4 Å². The van der Waals surface area contributed by atoms with Crippen molar-refractivity contribution >= 4 is 12.0 Å². The van der Waals surface area contributed by atoms with E-state index in [2.05, 4.69) is 10.6 Å². The zero-order chi connectivity index (χ0) is 12.0. The normalized spacial score (nSPS) is 18.1. The molecule has 5 nitrogen and oxygen atoms in total. The fourth-order valence-electron chi connectivity index (χ4n) is 2.00. The average molecular weight is 228 g/mol. The van der Waals surface area contributed by atoms with Gasteiger partial charge in [0.25, 0.3) is 0 Å². The number of carboxylic acids is 1. The van der Waals surface area contributed by atoms with Crippen LogP contribution in [-0.2, 0) is 4.79 Å². The smallest absolute Gasteiger partial charge is 0.326 e. The maximum absolute atomic E-state index is 11.5. The SMILES string of the molecule is CCC[C@H](NC(=O)NC1CCCC1)C(=O)O. The molecular weight excluding hydrogens is 208 g/mol. The van der Waals surface area contributed by atoms with Crippen molar-refractivity contribution in [1.82, 2.24) is 10.6 Å². The zero-order valence-corrected chi connectivity index (χ0v) is 9.66. The molecule has 0 aliphatic heterocycles. The number of carbonyl (C=O) groups is 2. The lowest BCUT2D eigenvalue weighted by Gasteiger charge is -2.17. The van der Waals surface area contributed by atoms with E-state index in [-0.39, 0.29) is 12.1 Å². The lowest BCUT2D eigenvalue weighted by Crippen LogP contribution is -2.48. The highest BCUT2D eigenvalue weighted by atomic mass is 16.4. The summed E-state index contributed by atoms with van der Waals surface area (Å²) >= 11 is 0. The minimum absolute atomic E-state index is 0.219. The van der Waals surface area contributed by atoms with Gasteiger partial charge in [0.15, 0.2) is 0 Å². The standard InChI is InChI=1S/C11H20N2O3/c1-2-5-9(10(14)15)13-11(16)12-8-6-3-4-7-8/h8-9H,2-7H2,1H3,(H,14,15)(H2,12,13,16)/t9-/m0/s1. The van der Waals surface area contributed by atoms with Crippen LogP contribution < -0.4 is 10.6 Å². The molecule has 1 atom stereocenters. The van der Waals surface area contributed by atoms with Crippen LogP contribution in [0.25, 0.3) is 0 Å². The number of amides is 2. The van der Waals surface area contributed by atoms with Gasteiger partial charge in [-0.05, 0) is 19.3 Å². The Morgan fingerprint density at radius 2 is 2.00 bits per heavy atom. The largest absolute Gasteiger partial charge is 0.480 e. The molecule has 0 aromatic carbocycles. The van der Waals surface area contributed by atoms with Crippen LogP contribution in [-0.4, -0.2) is 29.2 Å². The van der Waals surface area contributed by atoms with Crippen molar-refractivity contribution in [2.24, 2.45) is 0 Å². The molecule has 0 aromatic rings. The monoisotopic (exact) mass is 228 g/mol. The molecule has 1 rings (SSSR count). The highest BCUT2D eigenvalue weighted by Gasteiger charge is 2.21. The van der Waals surface area contributed by atoms with Crippen LogP contribution in [0, 0.1) is 0 Å². The van der Waals surface area contributed by atoms with Gasteiger partial charge < -0.3 is 15.7 Å². The minimum atomic E-state index is -0.969. The molecule has 0 bridgehead atoms. The van der Waals surface area contributed by atoms with E-state index < -0.39 is 12.0 Å². The van der Waals surface area contributed by atoms with Crippen molar-refractivity contribution in [3.63, 3.8) is 0 Å². The van der Waals surface area contributed by atoms with Gasteiger partial charge in [0.2, 0.25) is 0 Å². The third kappa shape index (κ3) is 4.08. The predicted molar refractivity (Wildman–Crippen MR) is 60.3 cm³/mol. The Kier molecular flexibility index (Phi) is 5.08. The van der Waals surface area contributed by atoms with Gasteiger partial charge in [-0.15, -0.1) is 0 Å². The summed E-state index contributed by atoms with van der Waals surface area (Å²) in [6.45, 7) is 1.90. The van der Waals surface area contributed by atoms with E-state index in [4.69, 9.17) is 5.11 Å². The van der Waals surface area contributed by atoms with Gasteiger partial charge >= 0.3 is 12.0 Å². The Bertz CT molecular complexity index is 250. The fourth-order valence-corrected chi connectivity index (χ4v) is 2.00. The van der Waals surface area contributed by atoms with Crippen molar-refractivity contribution < 1.29 is 14.7 Å². The zero-order valence-electron chi connectivity index (χ0n) is 9.66. The molecule has 2 amide bonds. The molecular formula is C11H20N2O3. The van der Waals surface area contributed by atoms with E-state index in [1.54, 1.807) is 0 Å². The van der Waals surface area contributed by atoms with E-state index in [0.29, 0.717) is 6.42 Å². The summed E-state index contributed by atoms with van der Waals surface area (Å²) in [7, 11) is 0. The maximum atomic E-state index is 11.5. The molecule has 92 valence electrons. The Hall–Kier alpha value is -1.26. The molecule has 0 aromatic heterocycles. The quantitative estimate of drug-likeness (QED) is 0.667. The minimum Gasteiger partial charge on any atom is -0.480 e. The second kappa shape index (κ2) is 6.35. The van der Waals surface area contributed by atoms with Crippen molar-refractivity contribution in [1.29, 1.82) is 0 Å². The Morgan fingerprint density at radius 3 is 2.50 bits per heavy atom. The summed E-state index contributed by atoms with van der Waals surface area (Å²) in [5, 5.41) is 14.2. The highest BCUT2D eigenvalue weighted by molar-refractivity contribution is 5.82. The first-order valence-electron chi connectivity index (χ1n) is 5.93. The Balaban J connectivity index is 2.32. The number of hydrogen-bond donors (Lipinski definition) is 3. The second-order valence-electron chi connectivity index (χ2n) is 4.28. The first-order valence-corrected chi connectivity index (χ1v) is 5.93. The van der Waals surface area contributed by atoms with Gasteiger partial charge in [-0.1, -0.05) is 26.2 Å². The van der Waals surface area contributed by atoms with Gasteiger partial charge in [-0.3, -0.25) is 0 Å². The number of rotatable bonds is 5. The number of urea groups is 1. The van der Waals surface area contributed by atoms with E-state index in [1.807, 2.05) is 6.92 Å². The van der Waals surface area contributed by atoms with Gasteiger partial charge in [0.05, 0.1) is 0 Å². The molecule has 0 unspecified atom stereocenters. The Labute approximate surface area is 95.6 Å². The summed E-state index contributed by atoms with van der Waals surface area (Å²) in [5.74, 6) is -0.969. The van der Waals surface area contributed by atoms with Gasteiger partial charge in [0, 0.05) is 6.04 Å². The molecule has 0 heterocycles. The van der Waals surface area contributed by atoms with Crippen LogP contribution in [0.15, 0.2) is 0 Å². The number of carbonyl (C=O) groups excluding carboxylic acids is 1. The number of nitrogens with one attached hydrogen (secondary N) is 2. The first kappa shape index (κ1) is 12.8. The number of hydrogen-bond acceptors (Lipinski definition) is 2.